The smallest absolute Gasteiger partial charge is 0.162 e. The van der Waals surface area contributed by atoms with Crippen LogP contribution in [0.15, 0.2) is 28.7 Å². The highest BCUT2D eigenvalue weighted by Crippen LogP contribution is 2.32. The van der Waals surface area contributed by atoms with Crippen molar-refractivity contribution in [3.05, 3.63) is 40.0 Å². The van der Waals surface area contributed by atoms with Gasteiger partial charge in [-0.3, -0.25) is 0 Å². The highest BCUT2D eigenvalue weighted by molar-refractivity contribution is 9.10. The lowest BCUT2D eigenvalue weighted by Gasteiger charge is -2.15. The number of halogens is 1. The van der Waals surface area contributed by atoms with Crippen LogP contribution in [0.25, 0.3) is 11.4 Å². The van der Waals surface area contributed by atoms with Crippen molar-refractivity contribution in [1.82, 2.24) is 9.97 Å². The van der Waals surface area contributed by atoms with Crippen LogP contribution < -0.4 is 5.32 Å². The van der Waals surface area contributed by atoms with Gasteiger partial charge in [-0.2, -0.15) is 0 Å². The Kier molecular flexibility index (Phi) is 4.76. The molecule has 2 rings (SSSR count). The van der Waals surface area contributed by atoms with Crippen LogP contribution in [0.3, 0.4) is 0 Å². The molecule has 1 aromatic heterocycles. The summed E-state index contributed by atoms with van der Waals surface area (Å²) in [6.45, 7) is 9.27. The molecule has 106 valence electrons. The van der Waals surface area contributed by atoms with Gasteiger partial charge in [0.05, 0.1) is 10.2 Å². The first-order valence-corrected chi connectivity index (χ1v) is 7.71. The number of hydrogen-bond acceptors (Lipinski definition) is 3. The van der Waals surface area contributed by atoms with Crippen molar-refractivity contribution in [2.45, 2.75) is 33.6 Å². The average Bonchev–Trinajstić information content (AvgIpc) is 2.41. The third kappa shape index (κ3) is 3.01. The quantitative estimate of drug-likeness (QED) is 0.875. The number of aromatic nitrogens is 2. The lowest BCUT2D eigenvalue weighted by Crippen LogP contribution is -2.07. The van der Waals surface area contributed by atoms with Crippen LogP contribution in [0.2, 0.25) is 0 Å². The summed E-state index contributed by atoms with van der Waals surface area (Å²) >= 11 is 3.62. The third-order valence-corrected chi connectivity index (χ3v) is 3.94. The van der Waals surface area contributed by atoms with E-state index in [1.165, 1.54) is 5.56 Å². The topological polar surface area (TPSA) is 37.8 Å². The van der Waals surface area contributed by atoms with Crippen molar-refractivity contribution in [2.24, 2.45) is 0 Å². The van der Waals surface area contributed by atoms with Crippen LogP contribution in [0.5, 0.6) is 0 Å². The Hall–Kier alpha value is -1.42. The number of benzene rings is 1. The first-order valence-electron chi connectivity index (χ1n) is 6.91. The van der Waals surface area contributed by atoms with Gasteiger partial charge in [0.1, 0.15) is 5.82 Å². The van der Waals surface area contributed by atoms with Gasteiger partial charge in [-0.15, -0.1) is 0 Å². The minimum absolute atomic E-state index is 0.340. The Morgan fingerprint density at radius 3 is 2.50 bits per heavy atom. The maximum absolute atomic E-state index is 4.75. The van der Waals surface area contributed by atoms with E-state index in [0.717, 1.165) is 33.9 Å². The largest absolute Gasteiger partial charge is 0.369 e. The lowest BCUT2D eigenvalue weighted by molar-refractivity contribution is 0.809. The van der Waals surface area contributed by atoms with E-state index in [4.69, 9.17) is 4.98 Å². The molecule has 1 aromatic carbocycles. The van der Waals surface area contributed by atoms with Crippen molar-refractivity contribution >= 4 is 21.7 Å². The molecule has 0 spiro atoms. The normalized spacial score (nSPS) is 10.9. The lowest BCUT2D eigenvalue weighted by atomic mass is 10.1. The van der Waals surface area contributed by atoms with Gasteiger partial charge in [-0.05, 0) is 41.3 Å². The number of rotatable bonds is 4. The second kappa shape index (κ2) is 6.35. The zero-order valence-corrected chi connectivity index (χ0v) is 14.0. The highest BCUT2D eigenvalue weighted by atomic mass is 79.9. The van der Waals surface area contributed by atoms with Crippen molar-refractivity contribution in [2.75, 3.05) is 11.9 Å². The molecule has 0 unspecified atom stereocenters. The molecule has 0 aliphatic rings. The molecule has 0 saturated heterocycles. The number of aryl methyl sites for hydroxylation is 1. The molecule has 0 radical (unpaired) electrons. The van der Waals surface area contributed by atoms with Gasteiger partial charge in [0, 0.05) is 12.1 Å². The Balaban J connectivity index is 2.62. The van der Waals surface area contributed by atoms with Gasteiger partial charge in [-0.25, -0.2) is 9.97 Å². The summed E-state index contributed by atoms with van der Waals surface area (Å²) in [6, 6.07) is 8.21. The van der Waals surface area contributed by atoms with Gasteiger partial charge in [0.15, 0.2) is 5.82 Å². The van der Waals surface area contributed by atoms with Crippen molar-refractivity contribution < 1.29 is 0 Å². The Morgan fingerprint density at radius 1 is 1.20 bits per heavy atom. The molecule has 4 heteroatoms. The first kappa shape index (κ1) is 15.0. The zero-order valence-electron chi connectivity index (χ0n) is 12.4. The molecular weight excluding hydrogens is 314 g/mol. The molecule has 2 aromatic rings. The average molecular weight is 334 g/mol. The number of nitrogens with zero attached hydrogens (tertiary/aromatic N) is 2. The van der Waals surface area contributed by atoms with Crippen molar-refractivity contribution in [3.8, 4) is 11.4 Å². The fraction of sp³-hybridized carbons (Fsp3) is 0.375. The second-order valence-corrected chi connectivity index (χ2v) is 5.89. The van der Waals surface area contributed by atoms with E-state index in [-0.39, 0.29) is 0 Å². The van der Waals surface area contributed by atoms with Gasteiger partial charge in [0.25, 0.3) is 0 Å². The van der Waals surface area contributed by atoms with Gasteiger partial charge >= 0.3 is 0 Å². The molecule has 0 aliphatic carbocycles. The number of anilines is 1. The van der Waals surface area contributed by atoms with E-state index >= 15 is 0 Å². The zero-order chi connectivity index (χ0) is 14.7. The van der Waals surface area contributed by atoms with Crippen LogP contribution in [-0.4, -0.2) is 16.5 Å². The molecule has 1 N–H and O–H groups in total. The molecule has 0 bridgehead atoms. The van der Waals surface area contributed by atoms with Gasteiger partial charge in [-0.1, -0.05) is 38.1 Å². The summed E-state index contributed by atoms with van der Waals surface area (Å²) < 4.78 is 0.965. The summed E-state index contributed by atoms with van der Waals surface area (Å²) in [6.07, 6.45) is 0. The standard InChI is InChI=1S/C16H20BrN3/c1-5-18-16-13(17)14(10(2)3)19-15(20-16)12-9-7-6-8-11(12)4/h6-10H,5H2,1-4H3,(H,18,19,20). The van der Waals surface area contributed by atoms with Crippen molar-refractivity contribution in [3.63, 3.8) is 0 Å². The molecule has 0 atom stereocenters. The molecule has 1 heterocycles. The molecule has 0 aliphatic heterocycles. The molecule has 0 saturated carbocycles. The maximum atomic E-state index is 4.75. The van der Waals surface area contributed by atoms with E-state index in [1.54, 1.807) is 0 Å². The minimum Gasteiger partial charge on any atom is -0.369 e. The van der Waals surface area contributed by atoms with Crippen LogP contribution in [0, 0.1) is 6.92 Å². The van der Waals surface area contributed by atoms with Crippen LogP contribution in [0.1, 0.15) is 37.9 Å². The van der Waals surface area contributed by atoms with E-state index in [2.05, 4.69) is 66.1 Å². The fourth-order valence-corrected chi connectivity index (χ4v) is 2.85. The summed E-state index contributed by atoms with van der Waals surface area (Å²) in [4.78, 5) is 9.41. The van der Waals surface area contributed by atoms with Crippen LogP contribution >= 0.6 is 15.9 Å². The first-order chi connectivity index (χ1) is 9.54. The number of hydrogen-bond donors (Lipinski definition) is 1. The summed E-state index contributed by atoms with van der Waals surface area (Å²) in [7, 11) is 0. The van der Waals surface area contributed by atoms with Crippen molar-refractivity contribution in [1.29, 1.82) is 0 Å². The maximum Gasteiger partial charge on any atom is 0.162 e. The summed E-state index contributed by atoms with van der Waals surface area (Å²) in [5, 5.41) is 3.30. The Bertz CT molecular complexity index is 609. The highest BCUT2D eigenvalue weighted by Gasteiger charge is 2.16. The molecule has 3 nitrogen and oxygen atoms in total. The predicted molar refractivity (Wildman–Crippen MR) is 88.2 cm³/mol. The Morgan fingerprint density at radius 2 is 1.90 bits per heavy atom. The van der Waals surface area contributed by atoms with Gasteiger partial charge < -0.3 is 5.32 Å². The van der Waals surface area contributed by atoms with E-state index in [9.17, 15) is 0 Å². The minimum atomic E-state index is 0.340. The van der Waals surface area contributed by atoms with E-state index in [0.29, 0.717) is 5.92 Å². The van der Waals surface area contributed by atoms with Gasteiger partial charge in [0.2, 0.25) is 0 Å². The SMILES string of the molecule is CCNc1nc(-c2ccccc2C)nc(C(C)C)c1Br. The van der Waals surface area contributed by atoms with E-state index in [1.807, 2.05) is 12.1 Å². The molecule has 20 heavy (non-hydrogen) atoms. The number of nitrogens with one attached hydrogen (secondary N) is 1. The second-order valence-electron chi connectivity index (χ2n) is 5.09. The molecular formula is C16H20BrN3. The fourth-order valence-electron chi connectivity index (χ4n) is 2.08. The monoisotopic (exact) mass is 333 g/mol. The molecule has 0 amide bonds. The van der Waals surface area contributed by atoms with E-state index < -0.39 is 0 Å². The predicted octanol–water partition coefficient (Wildman–Crippen LogP) is 4.77. The molecule has 0 fully saturated rings. The third-order valence-electron chi connectivity index (χ3n) is 3.15. The summed E-state index contributed by atoms with van der Waals surface area (Å²) in [5.74, 6) is 1.99. The van der Waals surface area contributed by atoms with Crippen LogP contribution in [0.4, 0.5) is 5.82 Å². The van der Waals surface area contributed by atoms with Crippen LogP contribution in [-0.2, 0) is 0 Å². The Labute approximate surface area is 129 Å². The summed E-state index contributed by atoms with van der Waals surface area (Å²) in [5.41, 5.74) is 3.31.